The second-order valence-electron chi connectivity index (χ2n) is 1.02. The van der Waals surface area contributed by atoms with Crippen molar-refractivity contribution in [1.29, 1.82) is 0 Å². The van der Waals surface area contributed by atoms with E-state index in [2.05, 4.69) is 0 Å². The van der Waals surface area contributed by atoms with Crippen molar-refractivity contribution >= 4 is 68.7 Å². The van der Waals surface area contributed by atoms with Crippen molar-refractivity contribution < 1.29 is 19.6 Å². The minimum absolute atomic E-state index is 0. The van der Waals surface area contributed by atoms with Crippen molar-refractivity contribution in [2.45, 2.75) is 0 Å². The normalized spacial score (nSPS) is 6.67. The molecule has 0 amide bonds. The number of hydrogen-bond donors (Lipinski definition) is 2. The fraction of sp³-hybridized carbons (Fsp3) is 0.667. The molecule has 0 spiro atoms. The van der Waals surface area contributed by atoms with E-state index in [4.69, 9.17) is 15.0 Å². The summed E-state index contributed by atoms with van der Waals surface area (Å²) in [6, 6.07) is 0. The summed E-state index contributed by atoms with van der Waals surface area (Å²) in [6.45, 7) is 0. The van der Waals surface area contributed by atoms with Gasteiger partial charge in [0, 0.05) is 0 Å². The molecule has 0 unspecified atom stereocenters. The van der Waals surface area contributed by atoms with Crippen molar-refractivity contribution in [3.05, 3.63) is 0 Å². The van der Waals surface area contributed by atoms with E-state index in [0.29, 0.717) is 0 Å². The van der Waals surface area contributed by atoms with Gasteiger partial charge in [-0.3, -0.25) is 0 Å². The first-order valence-electron chi connectivity index (χ1n) is 1.63. The van der Waals surface area contributed by atoms with Gasteiger partial charge >= 0.3 is 57.5 Å². The molecule has 0 aliphatic heterocycles. The van der Waals surface area contributed by atoms with Gasteiger partial charge in [-0.25, -0.2) is 4.79 Å². The Morgan fingerprint density at radius 3 is 1.44 bits per heavy atom. The van der Waals surface area contributed by atoms with Crippen molar-refractivity contribution in [1.82, 2.24) is 0 Å². The zero-order valence-corrected chi connectivity index (χ0v) is 5.44. The average molecular weight is 180 g/mol. The van der Waals surface area contributed by atoms with Crippen LogP contribution in [0.4, 0.5) is 4.79 Å². The molecule has 52 valence electrons. The fourth-order valence-electron chi connectivity index (χ4n) is 0. The van der Waals surface area contributed by atoms with Crippen LogP contribution in [0.3, 0.4) is 0 Å². The van der Waals surface area contributed by atoms with Crippen molar-refractivity contribution in [3.63, 3.8) is 0 Å². The van der Waals surface area contributed by atoms with Gasteiger partial charge in [-0.1, -0.05) is 11.2 Å². The Morgan fingerprint density at radius 2 is 1.44 bits per heavy atom. The molecule has 0 aromatic rings. The first-order valence-corrected chi connectivity index (χ1v) is 3.60. The molecule has 0 atom stereocenters. The summed E-state index contributed by atoms with van der Waals surface area (Å²) in [5.74, 6) is 0. The number of rotatable bonds is 0. The standard InChI is InChI=1S/C2H6OS.CH2O3.K.H/c1-4(2)3;2-1(3)4;;/h1-2H3;(H2,2,3,4);;. The van der Waals surface area contributed by atoms with Crippen LogP contribution in [-0.4, -0.2) is 84.8 Å². The Labute approximate surface area is 99.2 Å². The molecule has 0 bridgehead atoms. The van der Waals surface area contributed by atoms with Gasteiger partial charge in [-0.05, 0) is 0 Å². The second kappa shape index (κ2) is 11.9. The Hall–Kier alpha value is 1.22. The summed E-state index contributed by atoms with van der Waals surface area (Å²) in [6.07, 6.45) is 1.44. The topological polar surface area (TPSA) is 80.6 Å². The van der Waals surface area contributed by atoms with Gasteiger partial charge in [0.15, 0.2) is 0 Å². The molecule has 0 aliphatic carbocycles. The molecule has 0 aromatic carbocycles. The molecule has 0 radical (unpaired) electrons. The summed E-state index contributed by atoms with van der Waals surface area (Å²) in [4.78, 5) is 8.56. The van der Waals surface area contributed by atoms with E-state index in [1.165, 1.54) is 0 Å². The average Bonchev–Trinajstić information content (AvgIpc) is 1.25. The minimum atomic E-state index is -1.83. The zero-order chi connectivity index (χ0) is 7.15. The van der Waals surface area contributed by atoms with E-state index in [1.54, 1.807) is 12.5 Å². The molecule has 0 rings (SSSR count). The molecule has 6 heteroatoms. The van der Waals surface area contributed by atoms with Crippen LogP contribution in [0, 0.1) is 0 Å². The van der Waals surface area contributed by atoms with Crippen LogP contribution in [0.1, 0.15) is 0 Å². The quantitative estimate of drug-likeness (QED) is 0.391. The molecular formula is C3H9KO4S. The molecule has 0 aromatic heterocycles. The van der Waals surface area contributed by atoms with Crippen LogP contribution < -0.4 is 0 Å². The molecule has 0 aliphatic rings. The van der Waals surface area contributed by atoms with Gasteiger partial charge in [0.25, 0.3) is 0 Å². The molecule has 4 nitrogen and oxygen atoms in total. The van der Waals surface area contributed by atoms with Crippen molar-refractivity contribution in [2.75, 3.05) is 12.5 Å². The Morgan fingerprint density at radius 1 is 1.44 bits per heavy atom. The number of carbonyl (C=O) groups is 1. The summed E-state index contributed by atoms with van der Waals surface area (Å²) in [7, 11) is 0. The first kappa shape index (κ1) is 16.7. The third kappa shape index (κ3) is 324. The molecule has 0 heterocycles. The van der Waals surface area contributed by atoms with Gasteiger partial charge < -0.3 is 14.8 Å². The summed E-state index contributed by atoms with van der Waals surface area (Å²) in [5.41, 5.74) is 0. The summed E-state index contributed by atoms with van der Waals surface area (Å²) in [5, 5.41) is 13.9. The van der Waals surface area contributed by atoms with E-state index in [9.17, 15) is 4.55 Å². The first-order chi connectivity index (χ1) is 3.46. The zero-order valence-electron chi connectivity index (χ0n) is 4.62. The van der Waals surface area contributed by atoms with E-state index < -0.39 is 17.3 Å². The van der Waals surface area contributed by atoms with Crippen LogP contribution in [0.2, 0.25) is 0 Å². The van der Waals surface area contributed by atoms with Crippen LogP contribution >= 0.6 is 0 Å². The van der Waals surface area contributed by atoms with Crippen LogP contribution in [0.25, 0.3) is 0 Å². The Bertz CT molecular complexity index is 60.1. The third-order valence-corrected chi connectivity index (χ3v) is 0. The van der Waals surface area contributed by atoms with Crippen molar-refractivity contribution in [3.8, 4) is 0 Å². The molecule has 9 heavy (non-hydrogen) atoms. The Kier molecular flexibility index (Phi) is 22.1. The molecule has 0 fully saturated rings. The number of carboxylic acid groups (broad SMARTS) is 2. The van der Waals surface area contributed by atoms with Gasteiger partial charge in [-0.15, -0.1) is 0 Å². The molecule has 0 saturated carbocycles. The maximum absolute atomic E-state index is 9.56. The van der Waals surface area contributed by atoms with Gasteiger partial charge in [0.1, 0.15) is 0 Å². The second-order valence-corrected chi connectivity index (χ2v) is 2.51. The molecular weight excluding hydrogens is 171 g/mol. The number of hydrogen-bond acceptors (Lipinski definition) is 2. The fourth-order valence-corrected chi connectivity index (χ4v) is 0. The van der Waals surface area contributed by atoms with Gasteiger partial charge in [0.2, 0.25) is 0 Å². The molecule has 0 saturated heterocycles. The third-order valence-electron chi connectivity index (χ3n) is 0. The predicted octanol–water partition coefficient (Wildman–Crippen LogP) is -0.431. The van der Waals surface area contributed by atoms with Crippen LogP contribution in [0.15, 0.2) is 0 Å². The Balaban J connectivity index is -0.0000000720. The summed E-state index contributed by atoms with van der Waals surface area (Å²) >= 11 is -0.611. The van der Waals surface area contributed by atoms with Crippen LogP contribution in [-0.2, 0) is 11.2 Å². The maximum atomic E-state index is 9.56. The van der Waals surface area contributed by atoms with Gasteiger partial charge in [-0.2, -0.15) is 0 Å². The van der Waals surface area contributed by atoms with Crippen LogP contribution in [0.5, 0.6) is 0 Å². The monoisotopic (exact) mass is 180 g/mol. The van der Waals surface area contributed by atoms with E-state index in [-0.39, 0.29) is 51.4 Å². The van der Waals surface area contributed by atoms with E-state index in [1.807, 2.05) is 0 Å². The molecule has 2 N–H and O–H groups in total. The van der Waals surface area contributed by atoms with E-state index in [0.717, 1.165) is 0 Å². The predicted molar refractivity (Wildman–Crippen MR) is 37.8 cm³/mol. The van der Waals surface area contributed by atoms with E-state index >= 15 is 0 Å². The van der Waals surface area contributed by atoms with Gasteiger partial charge in [0.05, 0.1) is 12.5 Å². The van der Waals surface area contributed by atoms with Crippen molar-refractivity contribution in [2.24, 2.45) is 0 Å². The SMILES string of the molecule is C[S+](C)[O-].O=C(O)O.[KH]. The summed E-state index contributed by atoms with van der Waals surface area (Å²) < 4.78 is 9.56.